The van der Waals surface area contributed by atoms with Crippen molar-refractivity contribution in [3.63, 3.8) is 0 Å². The van der Waals surface area contributed by atoms with Crippen LogP contribution in [0.4, 0.5) is 0 Å². The zero-order valence-corrected chi connectivity index (χ0v) is 32.1. The second-order valence-corrected chi connectivity index (χ2v) is 16.9. The van der Waals surface area contributed by atoms with E-state index in [0.29, 0.717) is 0 Å². The summed E-state index contributed by atoms with van der Waals surface area (Å²) < 4.78 is 4.97. The summed E-state index contributed by atoms with van der Waals surface area (Å²) >= 11 is 0. The van der Waals surface area contributed by atoms with Crippen molar-refractivity contribution < 1.29 is 0 Å². The second-order valence-electron chi connectivity index (χ2n) is 16.9. The largest absolute Gasteiger partial charge is 0.309 e. The van der Waals surface area contributed by atoms with Gasteiger partial charge in [-0.05, 0) is 104 Å². The summed E-state index contributed by atoms with van der Waals surface area (Å²) in [5.74, 6) is 0. The molecule has 12 rings (SSSR count). The fourth-order valence-corrected chi connectivity index (χ4v) is 10.6. The highest BCUT2D eigenvalue weighted by Gasteiger charge is 2.39. The molecule has 2 aliphatic carbocycles. The smallest absolute Gasteiger partial charge is 0.0588 e. The first-order valence-corrected chi connectivity index (χ1v) is 19.9. The van der Waals surface area contributed by atoms with Gasteiger partial charge in [-0.3, -0.25) is 0 Å². The molecule has 10 aromatic rings. The molecule has 0 unspecified atom stereocenters. The molecule has 0 spiro atoms. The van der Waals surface area contributed by atoms with E-state index in [1.54, 1.807) is 0 Å². The van der Waals surface area contributed by atoms with Gasteiger partial charge in [-0.15, -0.1) is 0 Å². The van der Waals surface area contributed by atoms with Gasteiger partial charge in [-0.1, -0.05) is 149 Å². The van der Waals surface area contributed by atoms with Crippen LogP contribution in [0.3, 0.4) is 0 Å². The minimum Gasteiger partial charge on any atom is -0.309 e. The Bertz CT molecular complexity index is 3240. The molecule has 0 N–H and O–H groups in total. The summed E-state index contributed by atoms with van der Waals surface area (Å²) in [6, 6.07) is 63.6. The van der Waals surface area contributed by atoms with E-state index in [2.05, 4.69) is 207 Å². The van der Waals surface area contributed by atoms with Gasteiger partial charge in [-0.25, -0.2) is 0 Å². The molecule has 2 heteroatoms. The molecule has 0 aliphatic heterocycles. The molecular formula is C54H40N2. The van der Waals surface area contributed by atoms with Crippen molar-refractivity contribution in [2.45, 2.75) is 38.5 Å². The zero-order chi connectivity index (χ0) is 37.5. The molecule has 0 amide bonds. The van der Waals surface area contributed by atoms with E-state index < -0.39 is 0 Å². The van der Waals surface area contributed by atoms with E-state index >= 15 is 0 Å². The molecule has 0 radical (unpaired) electrons. The highest BCUT2D eigenvalue weighted by atomic mass is 15.0. The summed E-state index contributed by atoms with van der Waals surface area (Å²) in [7, 11) is 0. The molecule has 0 bridgehead atoms. The Labute approximate surface area is 326 Å². The normalized spacial score (nSPS) is 14.7. The number of rotatable bonds is 3. The summed E-state index contributed by atoms with van der Waals surface area (Å²) in [5.41, 5.74) is 20.6. The van der Waals surface area contributed by atoms with Gasteiger partial charge in [0.2, 0.25) is 0 Å². The van der Waals surface area contributed by atoms with Crippen LogP contribution in [0.15, 0.2) is 170 Å². The number of nitrogens with zero attached hydrogens (tertiary/aromatic N) is 2. The maximum absolute atomic E-state index is 2.58. The first kappa shape index (κ1) is 31.7. The van der Waals surface area contributed by atoms with Crippen LogP contribution in [0.5, 0.6) is 0 Å². The van der Waals surface area contributed by atoms with Crippen LogP contribution >= 0.6 is 0 Å². The lowest BCUT2D eigenvalue weighted by Gasteiger charge is -2.25. The third-order valence-corrected chi connectivity index (χ3v) is 13.3. The Morgan fingerprint density at radius 1 is 0.339 bits per heavy atom. The number of aromatic nitrogens is 2. The lowest BCUT2D eigenvalue weighted by molar-refractivity contribution is 0.659. The number of hydrogen-bond acceptors (Lipinski definition) is 0. The fraction of sp³-hybridized carbons (Fsp3) is 0.111. The number of hydrogen-bond donors (Lipinski definition) is 0. The van der Waals surface area contributed by atoms with Crippen LogP contribution in [0.25, 0.3) is 88.4 Å². The van der Waals surface area contributed by atoms with Crippen LogP contribution in [-0.2, 0) is 10.8 Å². The van der Waals surface area contributed by atoms with Gasteiger partial charge in [0.25, 0.3) is 0 Å². The van der Waals surface area contributed by atoms with Crippen molar-refractivity contribution in [1.29, 1.82) is 0 Å². The fourth-order valence-electron chi connectivity index (χ4n) is 10.6. The molecule has 266 valence electrons. The molecular weight excluding hydrogens is 677 g/mol. The van der Waals surface area contributed by atoms with E-state index in [1.807, 2.05) is 0 Å². The van der Waals surface area contributed by atoms with E-state index in [9.17, 15) is 0 Å². The van der Waals surface area contributed by atoms with Crippen molar-refractivity contribution in [3.8, 4) is 44.8 Å². The summed E-state index contributed by atoms with van der Waals surface area (Å²) in [4.78, 5) is 0. The van der Waals surface area contributed by atoms with Gasteiger partial charge in [-0.2, -0.15) is 0 Å². The third-order valence-electron chi connectivity index (χ3n) is 13.3. The van der Waals surface area contributed by atoms with Crippen LogP contribution in [0.2, 0.25) is 0 Å². The summed E-state index contributed by atoms with van der Waals surface area (Å²) in [5, 5.41) is 5.14. The minimum absolute atomic E-state index is 0.0866. The first-order chi connectivity index (χ1) is 27.3. The van der Waals surface area contributed by atoms with Crippen molar-refractivity contribution in [2.75, 3.05) is 0 Å². The van der Waals surface area contributed by atoms with E-state index in [1.165, 1.54) is 111 Å². The minimum atomic E-state index is -0.157. The summed E-state index contributed by atoms with van der Waals surface area (Å²) in [6.07, 6.45) is 0. The average molecular weight is 717 g/mol. The number of fused-ring (bicyclic) bond motifs is 13. The molecule has 2 aromatic heterocycles. The average Bonchev–Trinajstić information content (AvgIpc) is 3.89. The number of para-hydroxylation sites is 2. The Hall–Kier alpha value is -6.64. The van der Waals surface area contributed by atoms with Gasteiger partial charge in [0.15, 0.2) is 0 Å². The monoisotopic (exact) mass is 716 g/mol. The molecule has 0 saturated carbocycles. The lowest BCUT2D eigenvalue weighted by Crippen LogP contribution is -2.17. The Kier molecular flexibility index (Phi) is 6.22. The SMILES string of the molecule is CC1(C)c2ccccc2-c2ccc(-n3c4ccc(-c5ccc(-n6c7ccccc7c7ccccc76)cc5)cc4c4ccc5c(c43)C(C)(C)c3ccccc3-5)cc21. The van der Waals surface area contributed by atoms with Gasteiger partial charge < -0.3 is 9.13 Å². The maximum Gasteiger partial charge on any atom is 0.0588 e. The van der Waals surface area contributed by atoms with Crippen LogP contribution < -0.4 is 0 Å². The second kappa shape index (κ2) is 11.0. The third kappa shape index (κ3) is 4.06. The highest BCUT2D eigenvalue weighted by Crippen LogP contribution is 2.54. The van der Waals surface area contributed by atoms with Crippen molar-refractivity contribution in [3.05, 3.63) is 192 Å². The predicted octanol–water partition coefficient (Wildman–Crippen LogP) is 14.2. The predicted molar refractivity (Wildman–Crippen MR) is 236 cm³/mol. The van der Waals surface area contributed by atoms with Crippen molar-refractivity contribution in [1.82, 2.24) is 9.13 Å². The topological polar surface area (TPSA) is 9.86 Å². The molecule has 0 atom stereocenters. The van der Waals surface area contributed by atoms with Gasteiger partial charge in [0, 0.05) is 43.7 Å². The van der Waals surface area contributed by atoms with E-state index in [-0.39, 0.29) is 10.8 Å². The molecule has 2 aliphatic rings. The van der Waals surface area contributed by atoms with Crippen LogP contribution in [0, 0.1) is 0 Å². The maximum atomic E-state index is 2.58. The molecule has 56 heavy (non-hydrogen) atoms. The van der Waals surface area contributed by atoms with Crippen molar-refractivity contribution >= 4 is 43.6 Å². The standard InChI is InChI=1S/C54H40N2/c1-53(2)45-17-9-5-13-37(45)39-27-26-36(32-47(39)53)56-50-30-23-34(31-44(50)43-29-28-42-38-14-6-10-18-46(38)54(3,4)51(42)52(43)56)33-21-24-35(25-22-33)55-48-19-11-7-15-40(48)41-16-8-12-20-49(41)55/h5-32H,1-4H3. The zero-order valence-electron chi connectivity index (χ0n) is 32.1. The van der Waals surface area contributed by atoms with Crippen LogP contribution in [-0.4, -0.2) is 9.13 Å². The lowest BCUT2D eigenvalue weighted by atomic mass is 9.81. The molecule has 0 fully saturated rings. The Morgan fingerprint density at radius 2 is 0.875 bits per heavy atom. The summed E-state index contributed by atoms with van der Waals surface area (Å²) in [6.45, 7) is 9.57. The van der Waals surface area contributed by atoms with Gasteiger partial charge in [0.05, 0.1) is 22.1 Å². The Morgan fingerprint density at radius 3 is 1.59 bits per heavy atom. The van der Waals surface area contributed by atoms with Crippen molar-refractivity contribution in [2.24, 2.45) is 0 Å². The quantitative estimate of drug-likeness (QED) is 0.172. The van der Waals surface area contributed by atoms with Gasteiger partial charge in [0.1, 0.15) is 0 Å². The van der Waals surface area contributed by atoms with Crippen LogP contribution in [0.1, 0.15) is 49.9 Å². The Balaban J connectivity index is 1.07. The molecule has 2 heterocycles. The molecule has 8 aromatic carbocycles. The van der Waals surface area contributed by atoms with E-state index in [4.69, 9.17) is 0 Å². The molecule has 2 nitrogen and oxygen atoms in total. The van der Waals surface area contributed by atoms with E-state index in [0.717, 1.165) is 0 Å². The highest BCUT2D eigenvalue weighted by molar-refractivity contribution is 6.14. The number of benzene rings is 8. The molecule has 0 saturated heterocycles. The first-order valence-electron chi connectivity index (χ1n) is 19.9. The van der Waals surface area contributed by atoms with Gasteiger partial charge >= 0.3 is 0 Å².